The van der Waals surface area contributed by atoms with Gasteiger partial charge in [0.25, 0.3) is 0 Å². The third-order valence-electron chi connectivity index (χ3n) is 5.28. The molecule has 0 radical (unpaired) electrons. The molecule has 2 atom stereocenters. The van der Waals surface area contributed by atoms with Crippen LogP contribution < -0.4 is 4.74 Å². The molecule has 0 saturated heterocycles. The van der Waals surface area contributed by atoms with Crippen LogP contribution in [-0.4, -0.2) is 37.2 Å². The third-order valence-corrected chi connectivity index (χ3v) is 7.55. The first-order valence-corrected chi connectivity index (χ1v) is 12.1. The van der Waals surface area contributed by atoms with Gasteiger partial charge in [-0.3, -0.25) is 0 Å². The van der Waals surface area contributed by atoms with Crippen LogP contribution in [0.25, 0.3) is 12.2 Å². The number of aliphatic hydroxyl groups is 1. The lowest BCUT2D eigenvalue weighted by molar-refractivity contribution is 0.0133. The van der Waals surface area contributed by atoms with E-state index in [0.717, 1.165) is 29.1 Å². The van der Waals surface area contributed by atoms with Crippen LogP contribution in [0.2, 0.25) is 0 Å². The summed E-state index contributed by atoms with van der Waals surface area (Å²) in [4.78, 5) is 8.50. The van der Waals surface area contributed by atoms with E-state index in [1.165, 1.54) is 46.5 Å². The van der Waals surface area contributed by atoms with Gasteiger partial charge in [0, 0.05) is 22.3 Å². The fraction of sp³-hybridized carbons (Fsp3) is 0.208. The van der Waals surface area contributed by atoms with Gasteiger partial charge in [-0.15, -0.1) is 11.3 Å². The molecule has 4 rings (SSSR count). The Morgan fingerprint density at radius 2 is 2.00 bits per heavy atom. The summed E-state index contributed by atoms with van der Waals surface area (Å²) < 4.78 is 35.5. The lowest BCUT2D eigenvalue weighted by Crippen LogP contribution is -2.41. The summed E-state index contributed by atoms with van der Waals surface area (Å²) in [5, 5.41) is 17.0. The maximum Gasteiger partial charge on any atom is 0.150 e. The molecule has 0 bridgehead atoms. The average Bonchev–Trinajstić information content (AvgIpc) is 3.50. The zero-order valence-corrected chi connectivity index (χ0v) is 20.1. The van der Waals surface area contributed by atoms with E-state index in [4.69, 9.17) is 4.74 Å². The molecule has 0 aliphatic carbocycles. The number of aromatic nitrogens is 4. The lowest BCUT2D eigenvalue weighted by Gasteiger charge is -2.34. The number of ether oxygens (including phenoxy) is 1. The second kappa shape index (κ2) is 10.5. The molecule has 1 N–H and O–H groups in total. The van der Waals surface area contributed by atoms with Gasteiger partial charge in [-0.25, -0.2) is 23.4 Å². The predicted octanol–water partition coefficient (Wildman–Crippen LogP) is 5.26. The van der Waals surface area contributed by atoms with Crippen molar-refractivity contribution < 1.29 is 18.6 Å². The molecule has 2 aromatic carbocycles. The van der Waals surface area contributed by atoms with Crippen LogP contribution in [-0.2, 0) is 12.1 Å². The fourth-order valence-corrected chi connectivity index (χ4v) is 5.55. The average molecular weight is 501 g/mol. The van der Waals surface area contributed by atoms with Gasteiger partial charge in [-0.2, -0.15) is 5.10 Å². The van der Waals surface area contributed by atoms with Crippen LogP contribution in [0.5, 0.6) is 5.75 Å². The van der Waals surface area contributed by atoms with Crippen molar-refractivity contribution >= 4 is 35.3 Å². The molecule has 2 heterocycles. The molecule has 10 heteroatoms. The zero-order valence-electron chi connectivity index (χ0n) is 18.4. The molecule has 34 heavy (non-hydrogen) atoms. The molecule has 2 unspecified atom stereocenters. The van der Waals surface area contributed by atoms with E-state index in [1.54, 1.807) is 14.0 Å². The Kier molecular flexibility index (Phi) is 7.40. The topological polar surface area (TPSA) is 73.1 Å². The van der Waals surface area contributed by atoms with Crippen molar-refractivity contribution in [3.05, 3.63) is 89.0 Å². The largest absolute Gasteiger partial charge is 0.497 e. The van der Waals surface area contributed by atoms with Crippen molar-refractivity contribution in [3.63, 3.8) is 0 Å². The van der Waals surface area contributed by atoms with Gasteiger partial charge in [0.2, 0.25) is 0 Å². The number of hydrogen-bond donors (Lipinski definition) is 1. The minimum absolute atomic E-state index is 0.0134. The van der Waals surface area contributed by atoms with E-state index in [9.17, 15) is 13.9 Å². The second-order valence-electron chi connectivity index (χ2n) is 7.55. The minimum Gasteiger partial charge on any atom is -0.497 e. The number of thioether (sulfide) groups is 1. The van der Waals surface area contributed by atoms with Crippen molar-refractivity contribution in [3.8, 4) is 5.75 Å². The van der Waals surface area contributed by atoms with Crippen molar-refractivity contribution in [2.75, 3.05) is 7.11 Å². The SMILES string of the molecule is COc1ccc(/C=C/c2csc(SC(C)C(O)(Cn3cncn3)c3ccc(F)cc3F)n2)cc1. The second-order valence-corrected chi connectivity index (χ2v) is 9.99. The molecule has 2 aromatic heterocycles. The van der Waals surface area contributed by atoms with Gasteiger partial charge in [-0.1, -0.05) is 36.0 Å². The van der Waals surface area contributed by atoms with E-state index < -0.39 is 22.5 Å². The first kappa shape index (κ1) is 24.1. The highest BCUT2D eigenvalue weighted by Crippen LogP contribution is 2.40. The summed E-state index contributed by atoms with van der Waals surface area (Å²) in [6, 6.07) is 10.8. The molecule has 0 spiro atoms. The van der Waals surface area contributed by atoms with Crippen LogP contribution >= 0.6 is 23.1 Å². The molecule has 0 amide bonds. The molecule has 176 valence electrons. The highest BCUT2D eigenvalue weighted by atomic mass is 32.2. The Labute approximate surface area is 204 Å². The number of rotatable bonds is 9. The van der Waals surface area contributed by atoms with Crippen LogP contribution in [0.4, 0.5) is 8.78 Å². The zero-order chi connectivity index (χ0) is 24.1. The summed E-state index contributed by atoms with van der Waals surface area (Å²) in [7, 11) is 1.62. The van der Waals surface area contributed by atoms with Crippen LogP contribution in [0.3, 0.4) is 0 Å². The smallest absolute Gasteiger partial charge is 0.150 e. The molecule has 0 fully saturated rings. The third kappa shape index (κ3) is 5.52. The molecule has 0 aliphatic heterocycles. The number of thiazole rings is 1. The molecule has 0 aliphatic rings. The van der Waals surface area contributed by atoms with Crippen molar-refractivity contribution in [1.29, 1.82) is 0 Å². The van der Waals surface area contributed by atoms with Gasteiger partial charge in [-0.05, 0) is 36.8 Å². The first-order valence-electron chi connectivity index (χ1n) is 10.3. The van der Waals surface area contributed by atoms with E-state index >= 15 is 0 Å². The van der Waals surface area contributed by atoms with Gasteiger partial charge >= 0.3 is 0 Å². The van der Waals surface area contributed by atoms with E-state index in [0.29, 0.717) is 4.34 Å². The van der Waals surface area contributed by atoms with Crippen molar-refractivity contribution in [2.24, 2.45) is 0 Å². The van der Waals surface area contributed by atoms with Gasteiger partial charge in [0.1, 0.15) is 35.6 Å². The quantitative estimate of drug-likeness (QED) is 0.316. The van der Waals surface area contributed by atoms with Crippen LogP contribution in [0.1, 0.15) is 23.7 Å². The molecule has 4 aromatic rings. The van der Waals surface area contributed by atoms with Crippen molar-refractivity contribution in [1.82, 2.24) is 19.7 Å². The number of benzene rings is 2. The van der Waals surface area contributed by atoms with Gasteiger partial charge < -0.3 is 9.84 Å². The van der Waals surface area contributed by atoms with Crippen LogP contribution in [0.15, 0.2) is 64.8 Å². The summed E-state index contributed by atoms with van der Waals surface area (Å²) in [6.45, 7) is 1.72. The molecular formula is C24H22F2N4O2S2. The molecular weight excluding hydrogens is 478 g/mol. The summed E-state index contributed by atoms with van der Waals surface area (Å²) in [5.74, 6) is -0.746. The van der Waals surface area contributed by atoms with Crippen LogP contribution in [0, 0.1) is 11.6 Å². The first-order chi connectivity index (χ1) is 16.4. The lowest BCUT2D eigenvalue weighted by atomic mass is 9.90. The summed E-state index contributed by atoms with van der Waals surface area (Å²) in [5.41, 5.74) is 0.0650. The molecule has 0 saturated carbocycles. The number of nitrogens with zero attached hydrogens (tertiary/aromatic N) is 4. The van der Waals surface area contributed by atoms with Gasteiger partial charge in [0.05, 0.1) is 19.3 Å². The number of methoxy groups -OCH3 is 1. The Morgan fingerprint density at radius 1 is 1.21 bits per heavy atom. The Balaban J connectivity index is 1.54. The van der Waals surface area contributed by atoms with Crippen molar-refractivity contribution in [2.45, 2.75) is 28.7 Å². The molecule has 6 nitrogen and oxygen atoms in total. The maximum atomic E-state index is 14.7. The van der Waals surface area contributed by atoms with E-state index in [-0.39, 0.29) is 12.1 Å². The predicted molar refractivity (Wildman–Crippen MR) is 130 cm³/mol. The monoisotopic (exact) mass is 500 g/mol. The maximum absolute atomic E-state index is 14.7. The van der Waals surface area contributed by atoms with E-state index in [1.807, 2.05) is 41.8 Å². The fourth-order valence-electron chi connectivity index (χ4n) is 3.38. The standard InChI is InChI=1S/C24H22F2N4O2S2/c1-16(24(31,13-30-15-27-14-28-30)21-10-6-18(25)11-22(21)26)34-23-29-19(12-33-23)7-3-17-4-8-20(32-2)9-5-17/h3-12,14-16,31H,13H2,1-2H3/b7-3+. The number of hydrogen-bond acceptors (Lipinski definition) is 7. The highest BCUT2D eigenvalue weighted by Gasteiger charge is 2.40. The van der Waals surface area contributed by atoms with Gasteiger partial charge in [0.15, 0.2) is 4.34 Å². The minimum atomic E-state index is -1.69. The summed E-state index contributed by atoms with van der Waals surface area (Å²) in [6.07, 6.45) is 6.62. The Hall–Kier alpha value is -3.08. The Bertz CT molecular complexity index is 1260. The normalized spacial score (nSPS) is 14.3. The summed E-state index contributed by atoms with van der Waals surface area (Å²) >= 11 is 2.74. The van der Waals surface area contributed by atoms with E-state index in [2.05, 4.69) is 15.1 Å². The highest BCUT2D eigenvalue weighted by molar-refractivity contribution is 8.01. The number of halogens is 2. The Morgan fingerprint density at radius 3 is 2.68 bits per heavy atom.